The fraction of sp³-hybridized carbons (Fsp3) is 0.316. The molecular formula is C19H20ClN3O5. The van der Waals surface area contributed by atoms with E-state index in [9.17, 15) is 14.9 Å². The van der Waals surface area contributed by atoms with Gasteiger partial charge in [-0.3, -0.25) is 19.8 Å². The number of nitrogens with zero attached hydrogens (tertiary/aromatic N) is 2. The maximum absolute atomic E-state index is 12.4. The second-order valence-electron chi connectivity index (χ2n) is 6.30. The van der Waals surface area contributed by atoms with Crippen molar-refractivity contribution in [3.63, 3.8) is 0 Å². The monoisotopic (exact) mass is 405 g/mol. The van der Waals surface area contributed by atoms with Crippen LogP contribution in [0.1, 0.15) is 6.92 Å². The highest BCUT2D eigenvalue weighted by atomic mass is 35.5. The van der Waals surface area contributed by atoms with Crippen molar-refractivity contribution in [2.75, 3.05) is 31.6 Å². The van der Waals surface area contributed by atoms with Crippen LogP contribution in [0.25, 0.3) is 0 Å². The maximum Gasteiger partial charge on any atom is 0.289 e. The summed E-state index contributed by atoms with van der Waals surface area (Å²) in [6.07, 6.45) is -0.195. The lowest BCUT2D eigenvalue weighted by atomic mass is 10.2. The summed E-state index contributed by atoms with van der Waals surface area (Å²) in [6.45, 7) is 3.61. The Labute approximate surface area is 167 Å². The number of hydrogen-bond donors (Lipinski definition) is 1. The van der Waals surface area contributed by atoms with E-state index in [1.807, 2.05) is 36.1 Å². The fourth-order valence-electron chi connectivity index (χ4n) is 2.88. The number of halogens is 1. The Morgan fingerprint density at radius 1 is 1.32 bits per heavy atom. The summed E-state index contributed by atoms with van der Waals surface area (Å²) >= 11 is 5.79. The van der Waals surface area contributed by atoms with Crippen LogP contribution in [0.2, 0.25) is 5.02 Å². The van der Waals surface area contributed by atoms with Crippen molar-refractivity contribution in [2.24, 2.45) is 0 Å². The molecule has 3 rings (SSSR count). The molecule has 0 bridgehead atoms. The molecule has 9 heteroatoms. The molecule has 1 amide bonds. The largest absolute Gasteiger partial charge is 0.486 e. The van der Waals surface area contributed by atoms with Crippen LogP contribution < -0.4 is 14.8 Å². The van der Waals surface area contributed by atoms with Crippen molar-refractivity contribution < 1.29 is 19.2 Å². The zero-order valence-corrected chi connectivity index (χ0v) is 16.0. The Morgan fingerprint density at radius 2 is 2.07 bits per heavy atom. The van der Waals surface area contributed by atoms with E-state index in [0.29, 0.717) is 36.9 Å². The van der Waals surface area contributed by atoms with Gasteiger partial charge in [-0.1, -0.05) is 30.7 Å². The molecule has 1 atom stereocenters. The highest BCUT2D eigenvalue weighted by Crippen LogP contribution is 2.31. The molecule has 0 spiro atoms. The van der Waals surface area contributed by atoms with Gasteiger partial charge in [-0.15, -0.1) is 0 Å². The Kier molecular flexibility index (Phi) is 6.33. The van der Waals surface area contributed by atoms with E-state index in [4.69, 9.17) is 21.1 Å². The maximum atomic E-state index is 12.4. The van der Waals surface area contributed by atoms with Crippen molar-refractivity contribution in [3.05, 3.63) is 57.6 Å². The number of fused-ring (bicyclic) bond motifs is 1. The number of likely N-dealkylation sites (N-methyl/N-ethyl adjacent to an activating group) is 1. The van der Waals surface area contributed by atoms with Crippen LogP contribution in [-0.2, 0) is 4.79 Å². The number of ether oxygens (including phenoxy) is 2. The van der Waals surface area contributed by atoms with Gasteiger partial charge in [-0.2, -0.15) is 0 Å². The second kappa shape index (κ2) is 8.90. The SMILES string of the molecule is CCN(CC(=O)Nc1ccc(Cl)c([N+](=O)[O-])c1)CC1COc2ccccc2O1. The third-order valence-electron chi connectivity index (χ3n) is 4.27. The van der Waals surface area contributed by atoms with Gasteiger partial charge in [0.25, 0.3) is 5.69 Å². The number of nitro groups is 1. The zero-order valence-electron chi connectivity index (χ0n) is 15.3. The molecule has 1 heterocycles. The molecule has 148 valence electrons. The van der Waals surface area contributed by atoms with Gasteiger partial charge in [0.15, 0.2) is 11.5 Å². The number of anilines is 1. The fourth-order valence-corrected chi connectivity index (χ4v) is 3.07. The van der Waals surface area contributed by atoms with E-state index in [1.54, 1.807) is 0 Å². The van der Waals surface area contributed by atoms with Gasteiger partial charge in [-0.25, -0.2) is 0 Å². The standard InChI is InChI=1S/C19H20ClN3O5/c1-2-22(10-14-12-27-17-5-3-4-6-18(17)28-14)11-19(24)21-13-7-8-15(20)16(9-13)23(25)26/h3-9,14H,2,10-12H2,1H3,(H,21,24). The summed E-state index contributed by atoms with van der Waals surface area (Å²) in [7, 11) is 0. The van der Waals surface area contributed by atoms with Gasteiger partial charge in [0.05, 0.1) is 11.5 Å². The van der Waals surface area contributed by atoms with Gasteiger partial charge in [0, 0.05) is 18.3 Å². The van der Waals surface area contributed by atoms with E-state index >= 15 is 0 Å². The highest BCUT2D eigenvalue weighted by molar-refractivity contribution is 6.32. The summed E-state index contributed by atoms with van der Waals surface area (Å²) in [6, 6.07) is 11.6. The summed E-state index contributed by atoms with van der Waals surface area (Å²) in [5.74, 6) is 1.12. The lowest BCUT2D eigenvalue weighted by molar-refractivity contribution is -0.384. The molecule has 0 fully saturated rings. The first-order chi connectivity index (χ1) is 13.5. The number of hydrogen-bond acceptors (Lipinski definition) is 6. The summed E-state index contributed by atoms with van der Waals surface area (Å²) in [5, 5.41) is 13.7. The second-order valence-corrected chi connectivity index (χ2v) is 6.70. The smallest absolute Gasteiger partial charge is 0.289 e. The molecule has 1 N–H and O–H groups in total. The minimum atomic E-state index is -0.589. The molecule has 0 saturated carbocycles. The van der Waals surface area contributed by atoms with E-state index in [1.165, 1.54) is 18.2 Å². The number of para-hydroxylation sites is 2. The number of benzene rings is 2. The Morgan fingerprint density at radius 3 is 2.79 bits per heavy atom. The lowest BCUT2D eigenvalue weighted by Gasteiger charge is -2.30. The van der Waals surface area contributed by atoms with Gasteiger partial charge >= 0.3 is 0 Å². The zero-order chi connectivity index (χ0) is 20.1. The van der Waals surface area contributed by atoms with Gasteiger partial charge in [0.2, 0.25) is 5.91 Å². The predicted octanol–water partition coefficient (Wildman–Crippen LogP) is 3.35. The number of amides is 1. The quantitative estimate of drug-likeness (QED) is 0.560. The molecule has 1 unspecified atom stereocenters. The van der Waals surface area contributed by atoms with Crippen molar-refractivity contribution in [1.29, 1.82) is 0 Å². The van der Waals surface area contributed by atoms with Gasteiger partial charge < -0.3 is 14.8 Å². The molecule has 2 aromatic rings. The van der Waals surface area contributed by atoms with Crippen molar-refractivity contribution in [3.8, 4) is 11.5 Å². The average molecular weight is 406 g/mol. The number of nitro benzene ring substituents is 1. The number of rotatable bonds is 7. The topological polar surface area (TPSA) is 93.9 Å². The third kappa shape index (κ3) is 4.90. The molecule has 8 nitrogen and oxygen atoms in total. The molecule has 0 saturated heterocycles. The van der Waals surface area contributed by atoms with Gasteiger partial charge in [0.1, 0.15) is 17.7 Å². The summed E-state index contributed by atoms with van der Waals surface area (Å²) < 4.78 is 11.6. The van der Waals surface area contributed by atoms with Gasteiger partial charge in [-0.05, 0) is 30.8 Å². The van der Waals surface area contributed by atoms with Crippen LogP contribution in [0.4, 0.5) is 11.4 Å². The molecule has 0 aromatic heterocycles. The van der Waals surface area contributed by atoms with Crippen LogP contribution >= 0.6 is 11.6 Å². The minimum Gasteiger partial charge on any atom is -0.486 e. The minimum absolute atomic E-state index is 0.0212. The van der Waals surface area contributed by atoms with Crippen molar-refractivity contribution in [2.45, 2.75) is 13.0 Å². The summed E-state index contributed by atoms with van der Waals surface area (Å²) in [4.78, 5) is 24.7. The van der Waals surface area contributed by atoms with E-state index < -0.39 is 4.92 Å². The highest BCUT2D eigenvalue weighted by Gasteiger charge is 2.23. The molecule has 0 aliphatic carbocycles. The molecule has 2 aromatic carbocycles. The first kappa shape index (κ1) is 19.9. The molecule has 28 heavy (non-hydrogen) atoms. The molecular weight excluding hydrogens is 386 g/mol. The number of nitrogens with one attached hydrogen (secondary N) is 1. The van der Waals surface area contributed by atoms with E-state index in [0.717, 1.165) is 0 Å². The summed E-state index contributed by atoms with van der Waals surface area (Å²) in [5.41, 5.74) is 0.0709. The first-order valence-corrected chi connectivity index (χ1v) is 9.18. The Balaban J connectivity index is 1.57. The van der Waals surface area contributed by atoms with Crippen LogP contribution in [0.3, 0.4) is 0 Å². The van der Waals surface area contributed by atoms with Crippen LogP contribution in [-0.4, -0.2) is 48.1 Å². The van der Waals surface area contributed by atoms with Crippen LogP contribution in [0.5, 0.6) is 11.5 Å². The molecule has 1 aliphatic rings. The lowest BCUT2D eigenvalue weighted by Crippen LogP contribution is -2.43. The third-order valence-corrected chi connectivity index (χ3v) is 4.59. The average Bonchev–Trinajstić information content (AvgIpc) is 2.68. The van der Waals surface area contributed by atoms with E-state index in [2.05, 4.69) is 5.32 Å². The first-order valence-electron chi connectivity index (χ1n) is 8.81. The van der Waals surface area contributed by atoms with Crippen molar-refractivity contribution in [1.82, 2.24) is 4.90 Å². The normalized spacial score (nSPS) is 15.3. The Bertz CT molecular complexity index is 876. The number of carbonyl (C=O) groups excluding carboxylic acids is 1. The molecule has 1 aliphatic heterocycles. The Hall–Kier alpha value is -2.84. The van der Waals surface area contributed by atoms with E-state index in [-0.39, 0.29) is 29.3 Å². The van der Waals surface area contributed by atoms with Crippen molar-refractivity contribution >= 4 is 28.9 Å². The van der Waals surface area contributed by atoms with Crippen LogP contribution in [0, 0.1) is 10.1 Å². The number of carbonyl (C=O) groups is 1. The van der Waals surface area contributed by atoms with Crippen LogP contribution in [0.15, 0.2) is 42.5 Å². The molecule has 0 radical (unpaired) electrons. The predicted molar refractivity (Wildman–Crippen MR) is 105 cm³/mol.